The Morgan fingerprint density at radius 2 is 2.06 bits per heavy atom. The number of nitrogens with zero attached hydrogens (tertiary/aromatic N) is 1. The normalized spacial score (nSPS) is 26.4. The number of hydrogen-bond donors (Lipinski definition) is 1. The van der Waals surface area contributed by atoms with Gasteiger partial charge in [-0.05, 0) is 30.9 Å². The van der Waals surface area contributed by atoms with Crippen molar-refractivity contribution in [1.82, 2.24) is 0 Å². The molecule has 2 unspecified atom stereocenters. The predicted molar refractivity (Wildman–Crippen MR) is 74.6 cm³/mol. The first-order valence-electron chi connectivity index (χ1n) is 6.13. The van der Waals surface area contributed by atoms with E-state index in [1.807, 2.05) is 6.07 Å². The first kappa shape index (κ1) is 12.1. The zero-order valence-electron chi connectivity index (χ0n) is 10.0. The summed E-state index contributed by atoms with van der Waals surface area (Å²) in [6.45, 7) is 3.08. The summed E-state index contributed by atoms with van der Waals surface area (Å²) in [5.74, 6) is 0.647. The molecule has 0 aliphatic carbocycles. The molecule has 18 heavy (non-hydrogen) atoms. The zero-order chi connectivity index (χ0) is 12.9. The molecule has 96 valence electrons. The van der Waals surface area contributed by atoms with Gasteiger partial charge in [-0.2, -0.15) is 0 Å². The van der Waals surface area contributed by atoms with Gasteiger partial charge in [0.2, 0.25) is 5.91 Å². The van der Waals surface area contributed by atoms with Crippen molar-refractivity contribution in [2.45, 2.75) is 25.8 Å². The van der Waals surface area contributed by atoms with Gasteiger partial charge in [0, 0.05) is 6.54 Å². The summed E-state index contributed by atoms with van der Waals surface area (Å²) in [6.07, 6.45) is 2.00. The molecule has 0 spiro atoms. The van der Waals surface area contributed by atoms with Crippen LogP contribution in [0.3, 0.4) is 0 Å². The van der Waals surface area contributed by atoms with Gasteiger partial charge in [0.15, 0.2) is 0 Å². The maximum absolute atomic E-state index is 12.1. The number of fused-ring (bicyclic) bond motifs is 3. The minimum atomic E-state index is -0.0708. The van der Waals surface area contributed by atoms with Gasteiger partial charge >= 0.3 is 0 Å². The molecule has 1 amide bonds. The Labute approximate surface area is 116 Å². The van der Waals surface area contributed by atoms with E-state index in [0.717, 1.165) is 30.8 Å². The Kier molecular flexibility index (Phi) is 2.91. The van der Waals surface area contributed by atoms with Gasteiger partial charge in [-0.25, -0.2) is 0 Å². The molecule has 5 heteroatoms. The van der Waals surface area contributed by atoms with E-state index in [0.29, 0.717) is 16.0 Å². The van der Waals surface area contributed by atoms with Crippen LogP contribution in [0.1, 0.15) is 19.8 Å². The number of hydrogen-bond acceptors (Lipinski definition) is 2. The van der Waals surface area contributed by atoms with E-state index >= 15 is 0 Å². The molecule has 2 aliphatic heterocycles. The lowest BCUT2D eigenvalue weighted by molar-refractivity contribution is -0.118. The molecule has 1 aromatic rings. The number of halogens is 2. The highest BCUT2D eigenvalue weighted by Gasteiger charge is 2.37. The van der Waals surface area contributed by atoms with Crippen molar-refractivity contribution in [3.63, 3.8) is 0 Å². The van der Waals surface area contributed by atoms with Gasteiger partial charge in [0.1, 0.15) is 6.04 Å². The van der Waals surface area contributed by atoms with Crippen molar-refractivity contribution >= 4 is 40.5 Å². The average Bonchev–Trinajstić information content (AvgIpc) is 2.32. The van der Waals surface area contributed by atoms with Crippen LogP contribution in [-0.2, 0) is 4.79 Å². The van der Waals surface area contributed by atoms with E-state index in [4.69, 9.17) is 23.2 Å². The highest BCUT2D eigenvalue weighted by Crippen LogP contribution is 2.41. The maximum atomic E-state index is 12.1. The number of anilines is 2. The smallest absolute Gasteiger partial charge is 0.247 e. The van der Waals surface area contributed by atoms with Crippen LogP contribution in [-0.4, -0.2) is 18.5 Å². The number of nitrogens with one attached hydrogen (secondary N) is 1. The first-order chi connectivity index (χ1) is 8.56. The lowest BCUT2D eigenvalue weighted by atomic mass is 9.90. The van der Waals surface area contributed by atoms with E-state index in [1.165, 1.54) is 0 Å². The highest BCUT2D eigenvalue weighted by molar-refractivity contribution is 6.42. The number of piperidine rings is 1. The minimum Gasteiger partial charge on any atom is -0.358 e. The van der Waals surface area contributed by atoms with Crippen LogP contribution in [0.15, 0.2) is 12.1 Å². The standard InChI is InChI=1S/C13H14Cl2N2O/c1-7-2-3-17-11-6-9(15)8(14)5-10(11)16-13(18)12(17)4-7/h5-7,12H,2-4H2,1H3,(H,16,18). The number of carbonyl (C=O) groups excluding carboxylic acids is 1. The largest absolute Gasteiger partial charge is 0.358 e. The third-order valence-corrected chi connectivity index (χ3v) is 4.50. The molecule has 0 saturated carbocycles. The van der Waals surface area contributed by atoms with Crippen molar-refractivity contribution in [3.8, 4) is 0 Å². The molecule has 3 rings (SSSR count). The lowest BCUT2D eigenvalue weighted by Gasteiger charge is -2.43. The van der Waals surface area contributed by atoms with E-state index in [9.17, 15) is 4.79 Å². The SMILES string of the molecule is CC1CCN2c3cc(Cl)c(Cl)cc3NC(=O)C2C1. The zero-order valence-corrected chi connectivity index (χ0v) is 11.6. The van der Waals surface area contributed by atoms with Crippen LogP contribution in [0.4, 0.5) is 11.4 Å². The van der Waals surface area contributed by atoms with Crippen molar-refractivity contribution in [3.05, 3.63) is 22.2 Å². The molecule has 1 aromatic carbocycles. The fourth-order valence-electron chi connectivity index (χ4n) is 2.77. The van der Waals surface area contributed by atoms with Crippen molar-refractivity contribution < 1.29 is 4.79 Å². The summed E-state index contributed by atoms with van der Waals surface area (Å²) >= 11 is 12.1. The van der Waals surface area contributed by atoms with E-state index in [2.05, 4.69) is 17.1 Å². The molecule has 1 N–H and O–H groups in total. The molecular weight excluding hydrogens is 271 g/mol. The second-order valence-electron chi connectivity index (χ2n) is 5.11. The Hall–Kier alpha value is -0.930. The summed E-state index contributed by atoms with van der Waals surface area (Å²) in [7, 11) is 0. The molecule has 3 nitrogen and oxygen atoms in total. The van der Waals surface area contributed by atoms with E-state index < -0.39 is 0 Å². The van der Waals surface area contributed by atoms with Crippen LogP contribution in [0.2, 0.25) is 10.0 Å². The van der Waals surface area contributed by atoms with Crippen LogP contribution >= 0.6 is 23.2 Å². The van der Waals surface area contributed by atoms with E-state index in [-0.39, 0.29) is 11.9 Å². The molecule has 2 heterocycles. The van der Waals surface area contributed by atoms with Gasteiger partial charge in [-0.15, -0.1) is 0 Å². The van der Waals surface area contributed by atoms with Gasteiger partial charge in [-0.1, -0.05) is 30.1 Å². The third kappa shape index (κ3) is 1.86. The lowest BCUT2D eigenvalue weighted by Crippen LogP contribution is -2.52. The summed E-state index contributed by atoms with van der Waals surface area (Å²) < 4.78 is 0. The molecule has 2 atom stereocenters. The summed E-state index contributed by atoms with van der Waals surface area (Å²) in [5.41, 5.74) is 1.75. The van der Waals surface area contributed by atoms with Crippen molar-refractivity contribution in [1.29, 1.82) is 0 Å². The molecule has 0 aromatic heterocycles. The molecule has 0 radical (unpaired) electrons. The number of benzene rings is 1. The predicted octanol–water partition coefficient (Wildman–Crippen LogP) is 3.55. The van der Waals surface area contributed by atoms with Crippen molar-refractivity contribution in [2.75, 3.05) is 16.8 Å². The summed E-state index contributed by atoms with van der Waals surface area (Å²) in [4.78, 5) is 14.3. The van der Waals surface area contributed by atoms with Crippen molar-refractivity contribution in [2.24, 2.45) is 5.92 Å². The fourth-order valence-corrected chi connectivity index (χ4v) is 3.09. The van der Waals surface area contributed by atoms with Gasteiger partial charge < -0.3 is 10.2 Å². The average molecular weight is 285 g/mol. The van der Waals surface area contributed by atoms with Crippen LogP contribution in [0.5, 0.6) is 0 Å². The fraction of sp³-hybridized carbons (Fsp3) is 0.462. The van der Waals surface area contributed by atoms with Crippen LogP contribution in [0.25, 0.3) is 0 Å². The quantitative estimate of drug-likeness (QED) is 0.790. The number of amides is 1. The van der Waals surface area contributed by atoms with E-state index in [1.54, 1.807) is 6.07 Å². The molecule has 2 aliphatic rings. The molecule has 0 bridgehead atoms. The Balaban J connectivity index is 2.05. The Bertz CT molecular complexity index is 518. The number of rotatable bonds is 0. The monoisotopic (exact) mass is 284 g/mol. The summed E-state index contributed by atoms with van der Waals surface area (Å²) in [5, 5.41) is 3.93. The van der Waals surface area contributed by atoms with Gasteiger partial charge in [0.05, 0.1) is 21.4 Å². The molecular formula is C13H14Cl2N2O. The second kappa shape index (κ2) is 4.32. The summed E-state index contributed by atoms with van der Waals surface area (Å²) in [6, 6.07) is 3.51. The first-order valence-corrected chi connectivity index (χ1v) is 6.88. The topological polar surface area (TPSA) is 32.3 Å². The number of carbonyl (C=O) groups is 1. The van der Waals surface area contributed by atoms with Crippen LogP contribution in [0, 0.1) is 5.92 Å². The molecule has 1 saturated heterocycles. The van der Waals surface area contributed by atoms with Gasteiger partial charge in [-0.3, -0.25) is 4.79 Å². The Morgan fingerprint density at radius 1 is 1.33 bits per heavy atom. The van der Waals surface area contributed by atoms with Gasteiger partial charge in [0.25, 0.3) is 0 Å². The third-order valence-electron chi connectivity index (χ3n) is 3.77. The highest BCUT2D eigenvalue weighted by atomic mass is 35.5. The maximum Gasteiger partial charge on any atom is 0.247 e. The van der Waals surface area contributed by atoms with Crippen LogP contribution < -0.4 is 10.2 Å². The minimum absolute atomic E-state index is 0.0624. The Morgan fingerprint density at radius 3 is 2.83 bits per heavy atom. The second-order valence-corrected chi connectivity index (χ2v) is 5.93. The molecule has 1 fully saturated rings.